The molecule has 0 radical (unpaired) electrons. The quantitative estimate of drug-likeness (QED) is 0.813. The Morgan fingerprint density at radius 2 is 1.15 bits per heavy atom. The Labute approximate surface area is 161 Å². The number of aryl methyl sites for hydroxylation is 3. The molecule has 0 fully saturated rings. The van der Waals surface area contributed by atoms with E-state index in [1.165, 1.54) is 84.4 Å². The second-order valence-electron chi connectivity index (χ2n) is 8.79. The molecule has 4 aliphatic heterocycles. The van der Waals surface area contributed by atoms with E-state index < -0.39 is 0 Å². The first-order chi connectivity index (χ1) is 13.3. The Bertz CT molecular complexity index is 899. The van der Waals surface area contributed by atoms with E-state index in [1.807, 2.05) is 0 Å². The molecule has 4 aliphatic rings. The molecule has 0 unspecified atom stereocenters. The van der Waals surface area contributed by atoms with Crippen LogP contribution in [0.2, 0.25) is 0 Å². The molecule has 140 valence electrons. The van der Waals surface area contributed by atoms with Crippen LogP contribution in [0.5, 0.6) is 5.75 Å². The first kappa shape index (κ1) is 15.9. The molecular formula is C24H28N2O. The monoisotopic (exact) mass is 360 g/mol. The molecular weight excluding hydrogens is 332 g/mol. The summed E-state index contributed by atoms with van der Waals surface area (Å²) in [6, 6.07) is 7.07. The highest BCUT2D eigenvalue weighted by atomic mass is 16.3. The van der Waals surface area contributed by atoms with Gasteiger partial charge in [-0.05, 0) is 91.8 Å². The lowest BCUT2D eigenvalue weighted by Gasteiger charge is -2.38. The zero-order valence-electron chi connectivity index (χ0n) is 16.1. The summed E-state index contributed by atoms with van der Waals surface area (Å²) in [6.07, 6.45) is 9.44. The fourth-order valence-electron chi connectivity index (χ4n) is 6.02. The van der Waals surface area contributed by atoms with Gasteiger partial charge < -0.3 is 14.9 Å². The molecule has 3 nitrogen and oxygen atoms in total. The van der Waals surface area contributed by atoms with Crippen molar-refractivity contribution in [1.82, 2.24) is 0 Å². The van der Waals surface area contributed by atoms with E-state index in [0.29, 0.717) is 5.75 Å². The molecule has 3 heteroatoms. The molecule has 2 aromatic carbocycles. The van der Waals surface area contributed by atoms with E-state index in [1.54, 1.807) is 0 Å². The van der Waals surface area contributed by atoms with Crippen molar-refractivity contribution in [1.29, 1.82) is 0 Å². The second-order valence-corrected chi connectivity index (χ2v) is 8.79. The molecule has 0 bridgehead atoms. The Morgan fingerprint density at radius 1 is 0.630 bits per heavy atom. The standard InChI is InChI=1S/C24H28N2O/c27-24-20-8-4-12-26-11-3-7-18(23(20)26)15-21(24)19-13-16-5-1-9-25-10-2-6-17(14-19)22(16)25/h13-15,27H,1-12H2. The van der Waals surface area contributed by atoms with E-state index in [2.05, 4.69) is 28.0 Å². The third kappa shape index (κ3) is 2.33. The lowest BCUT2D eigenvalue weighted by atomic mass is 9.84. The number of aromatic hydroxyl groups is 1. The number of benzene rings is 2. The van der Waals surface area contributed by atoms with Crippen LogP contribution in [0.25, 0.3) is 11.1 Å². The molecule has 0 aromatic heterocycles. The van der Waals surface area contributed by atoms with Gasteiger partial charge in [0.15, 0.2) is 0 Å². The average molecular weight is 361 g/mol. The maximum absolute atomic E-state index is 11.2. The molecule has 1 N–H and O–H groups in total. The maximum Gasteiger partial charge on any atom is 0.128 e. The van der Waals surface area contributed by atoms with Gasteiger partial charge in [0.05, 0.1) is 0 Å². The van der Waals surface area contributed by atoms with Crippen LogP contribution >= 0.6 is 0 Å². The summed E-state index contributed by atoms with van der Waals surface area (Å²) in [7, 11) is 0. The van der Waals surface area contributed by atoms with E-state index in [9.17, 15) is 5.11 Å². The van der Waals surface area contributed by atoms with Gasteiger partial charge in [-0.1, -0.05) is 0 Å². The first-order valence-corrected chi connectivity index (χ1v) is 10.8. The Morgan fingerprint density at radius 3 is 1.78 bits per heavy atom. The van der Waals surface area contributed by atoms with Crippen molar-refractivity contribution in [2.45, 2.75) is 51.4 Å². The number of phenolic OH excluding ortho intramolecular Hbond substituents is 1. The number of hydrogen-bond donors (Lipinski definition) is 1. The molecule has 0 spiro atoms. The van der Waals surface area contributed by atoms with Gasteiger partial charge in [0.1, 0.15) is 5.75 Å². The number of rotatable bonds is 1. The first-order valence-electron chi connectivity index (χ1n) is 10.8. The average Bonchev–Trinajstić information content (AvgIpc) is 2.71. The number of nitrogens with zero attached hydrogens (tertiary/aromatic N) is 2. The third-order valence-corrected chi connectivity index (χ3v) is 7.14. The van der Waals surface area contributed by atoms with Crippen LogP contribution in [-0.2, 0) is 25.7 Å². The minimum absolute atomic E-state index is 0.552. The highest BCUT2D eigenvalue weighted by Crippen LogP contribution is 2.47. The van der Waals surface area contributed by atoms with Crippen LogP contribution in [0.3, 0.4) is 0 Å². The summed E-state index contributed by atoms with van der Waals surface area (Å²) in [5.74, 6) is 0.552. The van der Waals surface area contributed by atoms with Crippen molar-refractivity contribution in [3.05, 3.63) is 40.5 Å². The van der Waals surface area contributed by atoms with Gasteiger partial charge >= 0.3 is 0 Å². The van der Waals surface area contributed by atoms with Crippen LogP contribution < -0.4 is 9.80 Å². The van der Waals surface area contributed by atoms with Crippen molar-refractivity contribution < 1.29 is 5.11 Å². The summed E-state index contributed by atoms with van der Waals surface area (Å²) in [6.45, 7) is 4.72. The highest BCUT2D eigenvalue weighted by molar-refractivity contribution is 5.83. The van der Waals surface area contributed by atoms with Crippen LogP contribution in [0.4, 0.5) is 11.4 Å². The minimum atomic E-state index is 0.552. The van der Waals surface area contributed by atoms with Gasteiger partial charge in [0, 0.05) is 48.7 Å². The SMILES string of the molecule is Oc1c(-c2cc3c4c(c2)CCCN4CCC3)cc2c3c1CCCN3CCC2. The van der Waals surface area contributed by atoms with Crippen molar-refractivity contribution >= 4 is 11.4 Å². The topological polar surface area (TPSA) is 26.7 Å². The van der Waals surface area contributed by atoms with Crippen molar-refractivity contribution in [2.75, 3.05) is 36.0 Å². The summed E-state index contributed by atoms with van der Waals surface area (Å²) >= 11 is 0. The highest BCUT2D eigenvalue weighted by Gasteiger charge is 2.29. The van der Waals surface area contributed by atoms with Crippen LogP contribution in [-0.4, -0.2) is 31.3 Å². The van der Waals surface area contributed by atoms with Crippen molar-refractivity contribution in [2.24, 2.45) is 0 Å². The molecule has 0 saturated heterocycles. The normalized spacial score (nSPS) is 20.3. The van der Waals surface area contributed by atoms with Gasteiger partial charge in [-0.15, -0.1) is 0 Å². The minimum Gasteiger partial charge on any atom is -0.507 e. The Balaban J connectivity index is 1.54. The van der Waals surface area contributed by atoms with E-state index >= 15 is 0 Å². The number of anilines is 2. The third-order valence-electron chi connectivity index (χ3n) is 7.14. The zero-order valence-corrected chi connectivity index (χ0v) is 16.1. The summed E-state index contributed by atoms with van der Waals surface area (Å²) in [5, 5.41) is 11.2. The van der Waals surface area contributed by atoms with Gasteiger partial charge in [0.2, 0.25) is 0 Å². The van der Waals surface area contributed by atoms with Gasteiger partial charge in [-0.25, -0.2) is 0 Å². The molecule has 2 aromatic rings. The Kier molecular flexibility index (Phi) is 3.48. The van der Waals surface area contributed by atoms with Gasteiger partial charge in [-0.3, -0.25) is 0 Å². The lowest BCUT2D eigenvalue weighted by Crippen LogP contribution is -2.34. The number of phenols is 1. The van der Waals surface area contributed by atoms with Crippen molar-refractivity contribution in [3.8, 4) is 16.9 Å². The van der Waals surface area contributed by atoms with Crippen LogP contribution in [0.1, 0.15) is 47.9 Å². The van der Waals surface area contributed by atoms with E-state index in [0.717, 1.165) is 37.9 Å². The van der Waals surface area contributed by atoms with Crippen molar-refractivity contribution in [3.63, 3.8) is 0 Å². The predicted octanol–water partition coefficient (Wildman–Crippen LogP) is 4.46. The van der Waals surface area contributed by atoms with E-state index in [4.69, 9.17) is 0 Å². The van der Waals surface area contributed by atoms with Crippen LogP contribution in [0, 0.1) is 0 Å². The van der Waals surface area contributed by atoms with E-state index in [-0.39, 0.29) is 0 Å². The molecule has 0 amide bonds. The summed E-state index contributed by atoms with van der Waals surface area (Å²) in [4.78, 5) is 5.10. The zero-order chi connectivity index (χ0) is 18.0. The smallest absolute Gasteiger partial charge is 0.128 e. The van der Waals surface area contributed by atoms with Crippen LogP contribution in [0.15, 0.2) is 18.2 Å². The fourth-order valence-corrected chi connectivity index (χ4v) is 6.02. The number of hydrogen-bond acceptors (Lipinski definition) is 3. The lowest BCUT2D eigenvalue weighted by molar-refractivity contribution is 0.464. The fraction of sp³-hybridized carbons (Fsp3) is 0.500. The molecule has 0 saturated carbocycles. The molecule has 27 heavy (non-hydrogen) atoms. The molecule has 4 heterocycles. The summed E-state index contributed by atoms with van der Waals surface area (Å²) < 4.78 is 0. The molecule has 6 rings (SSSR count). The predicted molar refractivity (Wildman–Crippen MR) is 111 cm³/mol. The van der Waals surface area contributed by atoms with Gasteiger partial charge in [0.25, 0.3) is 0 Å². The second kappa shape index (κ2) is 5.92. The Hall–Kier alpha value is -2.16. The molecule has 0 atom stereocenters. The summed E-state index contributed by atoms with van der Waals surface area (Å²) in [5.41, 5.74) is 10.9. The molecule has 0 aliphatic carbocycles. The largest absolute Gasteiger partial charge is 0.507 e. The van der Waals surface area contributed by atoms with Gasteiger partial charge in [-0.2, -0.15) is 0 Å². The maximum atomic E-state index is 11.2.